The number of hydrogen-bond donors (Lipinski definition) is 2. The number of nitrogens with zero attached hydrogens (tertiary/aromatic N) is 4. The minimum atomic E-state index is -4.57. The number of aryl methyl sites for hydroxylation is 1. The van der Waals surface area contributed by atoms with Crippen molar-refractivity contribution in [3.63, 3.8) is 0 Å². The molecular formula is C23H19F3N6O. The van der Waals surface area contributed by atoms with Gasteiger partial charge in [0.2, 0.25) is 11.9 Å². The number of carbonyl (C=O) groups is 1. The Morgan fingerprint density at radius 2 is 1.70 bits per heavy atom. The van der Waals surface area contributed by atoms with Crippen LogP contribution in [-0.2, 0) is 24.4 Å². The quantitative estimate of drug-likeness (QED) is 0.438. The lowest BCUT2D eigenvalue weighted by Crippen LogP contribution is -2.15. The summed E-state index contributed by atoms with van der Waals surface area (Å²) < 4.78 is 40.2. The highest BCUT2D eigenvalue weighted by molar-refractivity contribution is 5.92. The van der Waals surface area contributed by atoms with Gasteiger partial charge in [0.05, 0.1) is 12.1 Å². The normalized spacial score (nSPS) is 11.3. The SMILES string of the molecule is Cn1ccc(Nc2ncc(-c3ccc(CC(=O)Nc4ccnc(C(F)(F)F)c4)cc3)cn2)c1. The molecule has 0 saturated heterocycles. The van der Waals surface area contributed by atoms with Gasteiger partial charge in [-0.15, -0.1) is 0 Å². The number of nitrogens with one attached hydrogen (secondary N) is 2. The summed E-state index contributed by atoms with van der Waals surface area (Å²) in [4.78, 5) is 24.2. The summed E-state index contributed by atoms with van der Waals surface area (Å²) in [6.45, 7) is 0. The number of amides is 1. The van der Waals surface area contributed by atoms with Gasteiger partial charge in [0.25, 0.3) is 0 Å². The van der Waals surface area contributed by atoms with Crippen molar-refractivity contribution in [2.45, 2.75) is 12.6 Å². The molecule has 4 aromatic rings. The molecule has 3 heterocycles. The highest BCUT2D eigenvalue weighted by Gasteiger charge is 2.32. The van der Waals surface area contributed by atoms with Crippen LogP contribution in [0, 0.1) is 0 Å². The Balaban J connectivity index is 1.36. The second kappa shape index (κ2) is 9.11. The van der Waals surface area contributed by atoms with E-state index in [1.807, 2.05) is 42.2 Å². The lowest BCUT2D eigenvalue weighted by Gasteiger charge is -2.09. The molecule has 10 heteroatoms. The van der Waals surface area contributed by atoms with Crippen LogP contribution in [0.3, 0.4) is 0 Å². The first kappa shape index (κ1) is 22.0. The summed E-state index contributed by atoms with van der Waals surface area (Å²) in [5.41, 5.74) is 2.26. The van der Waals surface area contributed by atoms with Crippen LogP contribution in [0.1, 0.15) is 11.3 Å². The molecule has 168 valence electrons. The maximum absolute atomic E-state index is 12.8. The average molecular weight is 452 g/mol. The number of halogens is 3. The number of alkyl halides is 3. The van der Waals surface area contributed by atoms with Crippen LogP contribution < -0.4 is 10.6 Å². The third-order valence-corrected chi connectivity index (χ3v) is 4.73. The summed E-state index contributed by atoms with van der Waals surface area (Å²) in [6, 6.07) is 11.2. The first-order chi connectivity index (χ1) is 15.8. The van der Waals surface area contributed by atoms with E-state index in [9.17, 15) is 18.0 Å². The summed E-state index contributed by atoms with van der Waals surface area (Å²) in [6.07, 6.45) is 3.67. The molecule has 4 rings (SSSR count). The van der Waals surface area contributed by atoms with Crippen LogP contribution in [0.2, 0.25) is 0 Å². The number of aromatic nitrogens is 4. The van der Waals surface area contributed by atoms with E-state index in [0.717, 1.165) is 29.1 Å². The third-order valence-electron chi connectivity index (χ3n) is 4.73. The molecule has 2 N–H and O–H groups in total. The molecule has 0 aliphatic heterocycles. The van der Waals surface area contributed by atoms with Crippen LogP contribution in [0.4, 0.5) is 30.5 Å². The van der Waals surface area contributed by atoms with Crippen LogP contribution in [0.25, 0.3) is 11.1 Å². The molecule has 0 radical (unpaired) electrons. The maximum Gasteiger partial charge on any atom is 0.433 e. The van der Waals surface area contributed by atoms with Gasteiger partial charge in [-0.2, -0.15) is 13.2 Å². The molecule has 0 fully saturated rings. The minimum absolute atomic E-state index is 0.0143. The first-order valence-electron chi connectivity index (χ1n) is 9.90. The van der Waals surface area contributed by atoms with E-state index >= 15 is 0 Å². The van der Waals surface area contributed by atoms with E-state index in [1.54, 1.807) is 24.5 Å². The topological polar surface area (TPSA) is 84.7 Å². The molecule has 0 unspecified atom stereocenters. The zero-order valence-electron chi connectivity index (χ0n) is 17.5. The number of carbonyl (C=O) groups excluding carboxylic acids is 1. The molecule has 33 heavy (non-hydrogen) atoms. The summed E-state index contributed by atoms with van der Waals surface area (Å²) in [5.74, 6) is 0.0461. The van der Waals surface area contributed by atoms with Gasteiger partial charge < -0.3 is 15.2 Å². The predicted octanol–water partition coefficient (Wildman–Crippen LogP) is 4.82. The Bertz CT molecular complexity index is 1250. The second-order valence-corrected chi connectivity index (χ2v) is 7.34. The number of benzene rings is 1. The third kappa shape index (κ3) is 5.73. The Hall–Kier alpha value is -4.21. The van der Waals surface area contributed by atoms with Crippen molar-refractivity contribution in [3.8, 4) is 11.1 Å². The van der Waals surface area contributed by atoms with E-state index in [1.165, 1.54) is 6.07 Å². The van der Waals surface area contributed by atoms with E-state index in [4.69, 9.17) is 0 Å². The van der Waals surface area contributed by atoms with E-state index in [0.29, 0.717) is 11.5 Å². The van der Waals surface area contributed by atoms with Crippen molar-refractivity contribution in [1.82, 2.24) is 19.5 Å². The Labute approximate surface area is 187 Å². The predicted molar refractivity (Wildman–Crippen MR) is 118 cm³/mol. The van der Waals surface area contributed by atoms with Crippen molar-refractivity contribution in [1.29, 1.82) is 0 Å². The molecule has 0 atom stereocenters. The zero-order chi connectivity index (χ0) is 23.4. The van der Waals surface area contributed by atoms with Gasteiger partial charge in [0, 0.05) is 49.3 Å². The number of rotatable bonds is 6. The van der Waals surface area contributed by atoms with Crippen molar-refractivity contribution in [3.05, 3.63) is 84.7 Å². The fourth-order valence-electron chi connectivity index (χ4n) is 3.12. The summed E-state index contributed by atoms with van der Waals surface area (Å²) in [7, 11) is 1.92. The molecule has 7 nitrogen and oxygen atoms in total. The lowest BCUT2D eigenvalue weighted by molar-refractivity contribution is -0.141. The van der Waals surface area contributed by atoms with E-state index < -0.39 is 17.8 Å². The molecule has 1 aromatic carbocycles. The van der Waals surface area contributed by atoms with Crippen LogP contribution in [-0.4, -0.2) is 25.4 Å². The van der Waals surface area contributed by atoms with Crippen LogP contribution in [0.5, 0.6) is 0 Å². The second-order valence-electron chi connectivity index (χ2n) is 7.34. The van der Waals surface area contributed by atoms with E-state index in [2.05, 4.69) is 25.6 Å². The maximum atomic E-state index is 12.8. The van der Waals surface area contributed by atoms with Crippen molar-refractivity contribution in [2.75, 3.05) is 10.6 Å². The fourth-order valence-corrected chi connectivity index (χ4v) is 3.12. The van der Waals surface area contributed by atoms with Crippen molar-refractivity contribution >= 4 is 23.2 Å². The van der Waals surface area contributed by atoms with E-state index in [-0.39, 0.29) is 12.1 Å². The Kier molecular flexibility index (Phi) is 6.07. The lowest BCUT2D eigenvalue weighted by atomic mass is 10.0. The van der Waals surface area contributed by atoms with Gasteiger partial charge in [-0.1, -0.05) is 24.3 Å². The zero-order valence-corrected chi connectivity index (χ0v) is 17.5. The Morgan fingerprint density at radius 3 is 2.33 bits per heavy atom. The van der Waals surface area contributed by atoms with Gasteiger partial charge in [0.15, 0.2) is 0 Å². The van der Waals surface area contributed by atoms with Crippen molar-refractivity contribution < 1.29 is 18.0 Å². The Morgan fingerprint density at radius 1 is 0.970 bits per heavy atom. The molecule has 0 spiro atoms. The first-order valence-corrected chi connectivity index (χ1v) is 9.90. The number of pyridine rings is 1. The number of hydrogen-bond acceptors (Lipinski definition) is 5. The summed E-state index contributed by atoms with van der Waals surface area (Å²) in [5, 5.41) is 5.58. The molecule has 0 bridgehead atoms. The standard InChI is InChI=1S/C23H19F3N6O/c1-32-9-7-19(14-32)31-22-28-12-17(13-29-22)16-4-2-15(3-5-16)10-21(33)30-18-6-8-27-20(11-18)23(24,25)26/h2-9,11-14H,10H2,1H3,(H,27,30,33)(H,28,29,31). The largest absolute Gasteiger partial charge is 0.433 e. The van der Waals surface area contributed by atoms with Crippen molar-refractivity contribution in [2.24, 2.45) is 7.05 Å². The molecule has 0 aliphatic carbocycles. The highest BCUT2D eigenvalue weighted by Crippen LogP contribution is 2.29. The van der Waals surface area contributed by atoms with Gasteiger partial charge in [-0.25, -0.2) is 9.97 Å². The minimum Gasteiger partial charge on any atom is -0.355 e. The van der Waals surface area contributed by atoms with Crippen LogP contribution in [0.15, 0.2) is 73.4 Å². The highest BCUT2D eigenvalue weighted by atomic mass is 19.4. The molecular weight excluding hydrogens is 433 g/mol. The monoisotopic (exact) mass is 452 g/mol. The smallest absolute Gasteiger partial charge is 0.355 e. The summed E-state index contributed by atoms with van der Waals surface area (Å²) >= 11 is 0. The number of anilines is 3. The van der Waals surface area contributed by atoms with Crippen LogP contribution >= 0.6 is 0 Å². The molecule has 0 saturated carbocycles. The molecule has 3 aromatic heterocycles. The van der Waals surface area contributed by atoms with Gasteiger partial charge in [-0.3, -0.25) is 9.78 Å². The average Bonchev–Trinajstić information content (AvgIpc) is 3.19. The van der Waals surface area contributed by atoms with Gasteiger partial charge in [0.1, 0.15) is 5.69 Å². The molecule has 0 aliphatic rings. The van der Waals surface area contributed by atoms with Gasteiger partial charge in [-0.05, 0) is 29.3 Å². The fraction of sp³-hybridized carbons (Fsp3) is 0.130. The molecule has 1 amide bonds. The van der Waals surface area contributed by atoms with Gasteiger partial charge >= 0.3 is 6.18 Å².